The van der Waals surface area contributed by atoms with Gasteiger partial charge in [-0.05, 0) is 61.6 Å². The Morgan fingerprint density at radius 3 is 2.40 bits per heavy atom. The van der Waals surface area contributed by atoms with Crippen LogP contribution in [0.15, 0.2) is 60.7 Å². The van der Waals surface area contributed by atoms with Gasteiger partial charge in [-0.2, -0.15) is 0 Å². The quantitative estimate of drug-likeness (QED) is 0.356. The van der Waals surface area contributed by atoms with Crippen molar-refractivity contribution in [2.75, 3.05) is 6.61 Å². The number of fused-ring (bicyclic) bond motifs is 1. The largest absolute Gasteiger partial charge is 0.491 e. The molecule has 30 heavy (non-hydrogen) atoms. The van der Waals surface area contributed by atoms with Gasteiger partial charge in [0.2, 0.25) is 0 Å². The van der Waals surface area contributed by atoms with E-state index in [0.29, 0.717) is 12.5 Å². The minimum atomic E-state index is 0.431. The van der Waals surface area contributed by atoms with Crippen molar-refractivity contribution in [3.8, 4) is 17.1 Å². The van der Waals surface area contributed by atoms with Gasteiger partial charge in [0.05, 0.1) is 17.6 Å². The Balaban J connectivity index is 1.67. The van der Waals surface area contributed by atoms with Crippen LogP contribution in [0.1, 0.15) is 42.0 Å². The van der Waals surface area contributed by atoms with E-state index in [0.717, 1.165) is 29.2 Å². The summed E-state index contributed by atoms with van der Waals surface area (Å²) in [6.07, 6.45) is 0. The van der Waals surface area contributed by atoms with Crippen LogP contribution in [0.4, 0.5) is 0 Å². The highest BCUT2D eigenvalue weighted by Gasteiger charge is 2.15. The zero-order chi connectivity index (χ0) is 21.3. The van der Waals surface area contributed by atoms with Crippen LogP contribution in [0.5, 0.6) is 5.75 Å². The molecule has 3 aromatic carbocycles. The highest BCUT2D eigenvalue weighted by atomic mass is 16.5. The number of hydrogen-bond donors (Lipinski definition) is 0. The van der Waals surface area contributed by atoms with Crippen molar-refractivity contribution in [3.05, 3.63) is 82.9 Å². The van der Waals surface area contributed by atoms with Crippen LogP contribution in [0, 0.1) is 20.8 Å². The van der Waals surface area contributed by atoms with Gasteiger partial charge in [-0.15, -0.1) is 0 Å². The molecule has 0 amide bonds. The van der Waals surface area contributed by atoms with Gasteiger partial charge in [-0.3, -0.25) is 0 Å². The second-order valence-corrected chi connectivity index (χ2v) is 8.44. The summed E-state index contributed by atoms with van der Waals surface area (Å²) in [5.41, 5.74) is 8.32. The minimum Gasteiger partial charge on any atom is -0.491 e. The Labute approximate surface area is 179 Å². The van der Waals surface area contributed by atoms with E-state index in [1.807, 2.05) is 6.07 Å². The topological polar surface area (TPSA) is 27.1 Å². The van der Waals surface area contributed by atoms with E-state index >= 15 is 0 Å². The number of aryl methyl sites for hydroxylation is 3. The third-order valence-electron chi connectivity index (χ3n) is 5.64. The van der Waals surface area contributed by atoms with Crippen molar-refractivity contribution in [2.24, 2.45) is 0 Å². The fourth-order valence-electron chi connectivity index (χ4n) is 4.06. The average Bonchev–Trinajstić information content (AvgIpc) is 3.06. The van der Waals surface area contributed by atoms with Crippen LogP contribution in [0.2, 0.25) is 0 Å². The molecule has 1 heterocycles. The van der Waals surface area contributed by atoms with Crippen molar-refractivity contribution in [3.63, 3.8) is 0 Å². The zero-order valence-electron chi connectivity index (χ0n) is 18.6. The predicted molar refractivity (Wildman–Crippen MR) is 125 cm³/mol. The number of hydrogen-bond acceptors (Lipinski definition) is 2. The maximum absolute atomic E-state index is 6.29. The molecule has 0 aliphatic heterocycles. The standard InChI is InChI=1S/C27H30N2O/c1-18(2)22-12-10-20(4)17-26(22)30-15-14-29-25-9-7-6-8-24(25)28-27(29)23-13-11-19(3)16-21(23)5/h6-13,16-18H,14-15H2,1-5H3. The molecule has 4 rings (SSSR count). The fraction of sp³-hybridized carbons (Fsp3) is 0.296. The monoisotopic (exact) mass is 398 g/mol. The maximum Gasteiger partial charge on any atom is 0.141 e. The minimum absolute atomic E-state index is 0.431. The van der Waals surface area contributed by atoms with Gasteiger partial charge >= 0.3 is 0 Å². The van der Waals surface area contributed by atoms with Crippen LogP contribution in [-0.4, -0.2) is 16.2 Å². The molecular formula is C27H30N2O. The lowest BCUT2D eigenvalue weighted by molar-refractivity contribution is 0.296. The molecule has 0 aliphatic carbocycles. The van der Waals surface area contributed by atoms with Crippen molar-refractivity contribution < 1.29 is 4.74 Å². The molecule has 0 saturated carbocycles. The number of para-hydroxylation sites is 2. The van der Waals surface area contributed by atoms with Crippen LogP contribution >= 0.6 is 0 Å². The molecule has 0 spiro atoms. The Morgan fingerprint density at radius 2 is 1.63 bits per heavy atom. The lowest BCUT2D eigenvalue weighted by Gasteiger charge is -2.16. The lowest BCUT2D eigenvalue weighted by Crippen LogP contribution is -2.11. The molecule has 3 heteroatoms. The molecule has 0 N–H and O–H groups in total. The Bertz CT molecular complexity index is 1190. The molecule has 0 aliphatic rings. The lowest BCUT2D eigenvalue weighted by atomic mass is 10.0. The Morgan fingerprint density at radius 1 is 0.900 bits per heavy atom. The first-order valence-electron chi connectivity index (χ1n) is 10.7. The van der Waals surface area contributed by atoms with Crippen LogP contribution < -0.4 is 4.74 Å². The summed E-state index contributed by atoms with van der Waals surface area (Å²) in [6.45, 7) is 12.2. The summed E-state index contributed by atoms with van der Waals surface area (Å²) in [5.74, 6) is 2.42. The third kappa shape index (κ3) is 3.97. The van der Waals surface area contributed by atoms with E-state index in [1.54, 1.807) is 0 Å². The Kier molecular flexibility index (Phi) is 5.63. The van der Waals surface area contributed by atoms with Gasteiger partial charge in [-0.1, -0.05) is 61.9 Å². The summed E-state index contributed by atoms with van der Waals surface area (Å²) < 4.78 is 8.58. The van der Waals surface area contributed by atoms with Gasteiger partial charge in [-0.25, -0.2) is 4.98 Å². The first kappa shape index (κ1) is 20.2. The molecular weight excluding hydrogens is 368 g/mol. The van der Waals surface area contributed by atoms with Gasteiger partial charge < -0.3 is 9.30 Å². The van der Waals surface area contributed by atoms with E-state index in [1.165, 1.54) is 27.8 Å². The van der Waals surface area contributed by atoms with E-state index in [9.17, 15) is 0 Å². The molecule has 4 aromatic rings. The van der Waals surface area contributed by atoms with Crippen LogP contribution in [0.3, 0.4) is 0 Å². The van der Waals surface area contributed by atoms with Crippen molar-refractivity contribution in [1.82, 2.24) is 9.55 Å². The van der Waals surface area contributed by atoms with Crippen molar-refractivity contribution in [1.29, 1.82) is 0 Å². The molecule has 3 nitrogen and oxygen atoms in total. The molecule has 0 radical (unpaired) electrons. The molecule has 0 fully saturated rings. The van der Waals surface area contributed by atoms with E-state index < -0.39 is 0 Å². The predicted octanol–water partition coefficient (Wildman–Crippen LogP) is 6.83. The van der Waals surface area contributed by atoms with Crippen LogP contribution in [0.25, 0.3) is 22.4 Å². The molecule has 1 aromatic heterocycles. The molecule has 0 unspecified atom stereocenters. The summed E-state index contributed by atoms with van der Waals surface area (Å²) in [4.78, 5) is 4.97. The van der Waals surface area contributed by atoms with Crippen LogP contribution in [-0.2, 0) is 6.54 Å². The number of rotatable bonds is 6. The van der Waals surface area contributed by atoms with E-state index in [4.69, 9.17) is 9.72 Å². The number of nitrogens with zero attached hydrogens (tertiary/aromatic N) is 2. The fourth-order valence-corrected chi connectivity index (χ4v) is 4.06. The van der Waals surface area contributed by atoms with E-state index in [-0.39, 0.29) is 0 Å². The second kappa shape index (κ2) is 8.35. The molecule has 0 atom stereocenters. The number of ether oxygens (including phenoxy) is 1. The van der Waals surface area contributed by atoms with Gasteiger partial charge in [0.1, 0.15) is 18.2 Å². The number of benzene rings is 3. The third-order valence-corrected chi connectivity index (χ3v) is 5.64. The van der Waals surface area contributed by atoms with E-state index in [2.05, 4.69) is 93.8 Å². The molecule has 0 saturated heterocycles. The number of imidazole rings is 1. The van der Waals surface area contributed by atoms with Gasteiger partial charge in [0, 0.05) is 5.56 Å². The Hall–Kier alpha value is -3.07. The SMILES string of the molecule is Cc1ccc(-c2nc3ccccc3n2CCOc2cc(C)ccc2C(C)C)c(C)c1. The first-order chi connectivity index (χ1) is 14.4. The zero-order valence-corrected chi connectivity index (χ0v) is 18.6. The summed E-state index contributed by atoms with van der Waals surface area (Å²) in [6, 6.07) is 21.4. The smallest absolute Gasteiger partial charge is 0.141 e. The molecule has 154 valence electrons. The second-order valence-electron chi connectivity index (χ2n) is 8.44. The first-order valence-corrected chi connectivity index (χ1v) is 10.7. The van der Waals surface area contributed by atoms with Gasteiger partial charge in [0.25, 0.3) is 0 Å². The average molecular weight is 399 g/mol. The van der Waals surface area contributed by atoms with Crippen molar-refractivity contribution in [2.45, 2.75) is 47.1 Å². The summed E-state index contributed by atoms with van der Waals surface area (Å²) in [5, 5.41) is 0. The summed E-state index contributed by atoms with van der Waals surface area (Å²) in [7, 11) is 0. The highest BCUT2D eigenvalue weighted by molar-refractivity contribution is 5.81. The highest BCUT2D eigenvalue weighted by Crippen LogP contribution is 2.30. The van der Waals surface area contributed by atoms with Crippen molar-refractivity contribution >= 4 is 11.0 Å². The maximum atomic E-state index is 6.29. The molecule has 0 bridgehead atoms. The van der Waals surface area contributed by atoms with Gasteiger partial charge in [0.15, 0.2) is 0 Å². The number of aromatic nitrogens is 2. The summed E-state index contributed by atoms with van der Waals surface area (Å²) >= 11 is 0. The normalized spacial score (nSPS) is 11.4.